The summed E-state index contributed by atoms with van der Waals surface area (Å²) >= 11 is 7.94. The number of nitrogens with zero attached hydrogens (tertiary/aromatic N) is 2. The summed E-state index contributed by atoms with van der Waals surface area (Å²) in [5.41, 5.74) is 0. The molecule has 3 nitrogen and oxygen atoms in total. The van der Waals surface area contributed by atoms with Crippen molar-refractivity contribution in [2.24, 2.45) is 0 Å². The minimum Gasteiger partial charge on any atom is -0.385 e. The molecular weight excluding hydrogens is 302 g/mol. The van der Waals surface area contributed by atoms with Crippen LogP contribution >= 0.6 is 34.2 Å². The highest BCUT2D eigenvalue weighted by atomic mass is 127. The number of ether oxygens (including phenoxy) is 1. The zero-order valence-corrected chi connectivity index (χ0v) is 10.2. The lowest BCUT2D eigenvalue weighted by atomic mass is 10.3. The monoisotopic (exact) mass is 312 g/mol. The predicted octanol–water partition coefficient (Wildman–Crippen LogP) is 2.31. The van der Waals surface area contributed by atoms with Gasteiger partial charge in [0.05, 0.1) is 3.57 Å². The molecule has 0 aliphatic rings. The minimum atomic E-state index is 0.531. The van der Waals surface area contributed by atoms with Crippen LogP contribution in [0.1, 0.15) is 12.2 Å². The fraction of sp³-hybridized carbons (Fsp3) is 0.500. The first kappa shape index (κ1) is 11.1. The molecule has 0 spiro atoms. The number of aryl methyl sites for hydroxylation is 1. The highest BCUT2D eigenvalue weighted by molar-refractivity contribution is 14.1. The SMILES string of the molecule is COCCCc1ncc(I)c(Cl)n1. The number of halogens is 2. The van der Waals surface area contributed by atoms with Crippen LogP contribution in [-0.2, 0) is 11.2 Å². The van der Waals surface area contributed by atoms with Crippen molar-refractivity contribution in [3.8, 4) is 0 Å². The van der Waals surface area contributed by atoms with Crippen LogP contribution in [0.4, 0.5) is 0 Å². The molecule has 0 radical (unpaired) electrons. The van der Waals surface area contributed by atoms with E-state index in [2.05, 4.69) is 32.6 Å². The maximum absolute atomic E-state index is 5.84. The van der Waals surface area contributed by atoms with Crippen molar-refractivity contribution >= 4 is 34.2 Å². The quantitative estimate of drug-likeness (QED) is 0.486. The third-order valence-electron chi connectivity index (χ3n) is 1.50. The molecule has 0 aliphatic heterocycles. The molecule has 0 unspecified atom stereocenters. The van der Waals surface area contributed by atoms with E-state index in [4.69, 9.17) is 16.3 Å². The maximum Gasteiger partial charge on any atom is 0.146 e. The van der Waals surface area contributed by atoms with Crippen LogP contribution < -0.4 is 0 Å². The highest BCUT2D eigenvalue weighted by Crippen LogP contribution is 2.14. The molecule has 0 amide bonds. The van der Waals surface area contributed by atoms with Crippen LogP contribution in [0, 0.1) is 3.57 Å². The van der Waals surface area contributed by atoms with Crippen LogP contribution in [0.2, 0.25) is 5.15 Å². The van der Waals surface area contributed by atoms with E-state index in [-0.39, 0.29) is 0 Å². The van der Waals surface area contributed by atoms with Gasteiger partial charge in [0.25, 0.3) is 0 Å². The first-order valence-corrected chi connectivity index (χ1v) is 5.35. The Bertz CT molecular complexity index is 283. The molecule has 0 saturated heterocycles. The van der Waals surface area contributed by atoms with E-state index in [0.29, 0.717) is 5.15 Å². The van der Waals surface area contributed by atoms with E-state index in [1.807, 2.05) is 0 Å². The Morgan fingerprint density at radius 1 is 1.62 bits per heavy atom. The van der Waals surface area contributed by atoms with Crippen LogP contribution in [0.5, 0.6) is 0 Å². The van der Waals surface area contributed by atoms with Gasteiger partial charge in [0, 0.05) is 26.3 Å². The normalized spacial score (nSPS) is 10.4. The van der Waals surface area contributed by atoms with Crippen LogP contribution in [0.3, 0.4) is 0 Å². The van der Waals surface area contributed by atoms with E-state index in [1.165, 1.54) is 0 Å². The second-order valence-corrected chi connectivity index (χ2v) is 4.04. The Kier molecular flexibility index (Phi) is 4.90. The van der Waals surface area contributed by atoms with E-state index in [9.17, 15) is 0 Å². The smallest absolute Gasteiger partial charge is 0.146 e. The molecule has 0 saturated carbocycles. The molecule has 0 bridgehead atoms. The van der Waals surface area contributed by atoms with E-state index in [1.54, 1.807) is 13.3 Å². The summed E-state index contributed by atoms with van der Waals surface area (Å²) < 4.78 is 5.81. The lowest BCUT2D eigenvalue weighted by molar-refractivity contribution is 0.194. The average Bonchev–Trinajstić information content (AvgIpc) is 2.12. The number of rotatable bonds is 4. The zero-order valence-electron chi connectivity index (χ0n) is 7.26. The Balaban J connectivity index is 2.53. The van der Waals surface area contributed by atoms with Gasteiger partial charge in [-0.05, 0) is 29.0 Å². The first-order valence-electron chi connectivity index (χ1n) is 3.90. The van der Waals surface area contributed by atoms with Gasteiger partial charge < -0.3 is 4.74 Å². The molecule has 0 N–H and O–H groups in total. The molecule has 0 aromatic carbocycles. The third-order valence-corrected chi connectivity index (χ3v) is 2.90. The fourth-order valence-electron chi connectivity index (χ4n) is 0.875. The molecule has 1 aromatic rings. The molecule has 0 fully saturated rings. The number of hydrogen-bond acceptors (Lipinski definition) is 3. The zero-order chi connectivity index (χ0) is 9.68. The Hall–Kier alpha value is 0.0600. The number of hydrogen-bond donors (Lipinski definition) is 0. The van der Waals surface area contributed by atoms with Gasteiger partial charge in [-0.3, -0.25) is 0 Å². The third kappa shape index (κ3) is 3.74. The Morgan fingerprint density at radius 2 is 2.38 bits per heavy atom. The minimum absolute atomic E-state index is 0.531. The fourth-order valence-corrected chi connectivity index (χ4v) is 1.28. The molecule has 13 heavy (non-hydrogen) atoms. The summed E-state index contributed by atoms with van der Waals surface area (Å²) in [7, 11) is 1.68. The molecule has 1 rings (SSSR count). The molecule has 1 aromatic heterocycles. The molecule has 0 atom stereocenters. The van der Waals surface area contributed by atoms with Gasteiger partial charge in [-0.1, -0.05) is 11.6 Å². The van der Waals surface area contributed by atoms with Crippen molar-refractivity contribution in [1.82, 2.24) is 9.97 Å². The molecule has 1 heterocycles. The Labute approximate surface area is 96.0 Å². The van der Waals surface area contributed by atoms with Crippen LogP contribution in [0.25, 0.3) is 0 Å². The van der Waals surface area contributed by atoms with Gasteiger partial charge in [-0.2, -0.15) is 0 Å². The Morgan fingerprint density at radius 3 is 3.00 bits per heavy atom. The van der Waals surface area contributed by atoms with Crippen molar-refractivity contribution in [2.75, 3.05) is 13.7 Å². The maximum atomic E-state index is 5.84. The van der Waals surface area contributed by atoms with Crippen molar-refractivity contribution in [2.45, 2.75) is 12.8 Å². The van der Waals surface area contributed by atoms with Gasteiger partial charge in [-0.15, -0.1) is 0 Å². The predicted molar refractivity (Wildman–Crippen MR) is 60.0 cm³/mol. The van der Waals surface area contributed by atoms with Crippen LogP contribution in [0.15, 0.2) is 6.20 Å². The molecule has 0 aliphatic carbocycles. The number of aromatic nitrogens is 2. The van der Waals surface area contributed by atoms with Crippen molar-refractivity contribution in [3.05, 3.63) is 20.7 Å². The van der Waals surface area contributed by atoms with E-state index >= 15 is 0 Å². The number of methoxy groups -OCH3 is 1. The van der Waals surface area contributed by atoms with Crippen molar-refractivity contribution < 1.29 is 4.74 Å². The molecule has 5 heteroatoms. The molecule has 72 valence electrons. The summed E-state index contributed by atoms with van der Waals surface area (Å²) in [6.45, 7) is 0.729. The van der Waals surface area contributed by atoms with Crippen LogP contribution in [-0.4, -0.2) is 23.7 Å². The summed E-state index contributed by atoms with van der Waals surface area (Å²) in [6.07, 6.45) is 3.47. The summed E-state index contributed by atoms with van der Waals surface area (Å²) in [6, 6.07) is 0. The second-order valence-electron chi connectivity index (χ2n) is 2.52. The van der Waals surface area contributed by atoms with E-state index in [0.717, 1.165) is 28.8 Å². The van der Waals surface area contributed by atoms with Gasteiger partial charge >= 0.3 is 0 Å². The van der Waals surface area contributed by atoms with Crippen molar-refractivity contribution in [1.29, 1.82) is 0 Å². The lowest BCUT2D eigenvalue weighted by Crippen LogP contribution is -1.99. The van der Waals surface area contributed by atoms with Gasteiger partial charge in [0.2, 0.25) is 0 Å². The second kappa shape index (κ2) is 5.72. The van der Waals surface area contributed by atoms with Gasteiger partial charge in [-0.25, -0.2) is 9.97 Å². The largest absolute Gasteiger partial charge is 0.385 e. The summed E-state index contributed by atoms with van der Waals surface area (Å²) in [4.78, 5) is 8.29. The van der Waals surface area contributed by atoms with Gasteiger partial charge in [0.1, 0.15) is 11.0 Å². The standard InChI is InChI=1S/C8H10ClIN2O/c1-13-4-2-3-7-11-5-6(10)8(9)12-7/h5H,2-4H2,1H3. The summed E-state index contributed by atoms with van der Waals surface area (Å²) in [5, 5.41) is 0.531. The van der Waals surface area contributed by atoms with Crippen molar-refractivity contribution in [3.63, 3.8) is 0 Å². The summed E-state index contributed by atoms with van der Waals surface area (Å²) in [5.74, 6) is 0.780. The highest BCUT2D eigenvalue weighted by Gasteiger charge is 2.01. The van der Waals surface area contributed by atoms with Gasteiger partial charge in [0.15, 0.2) is 0 Å². The lowest BCUT2D eigenvalue weighted by Gasteiger charge is -2.00. The average molecular weight is 313 g/mol. The topological polar surface area (TPSA) is 35.0 Å². The molecular formula is C8H10ClIN2O. The van der Waals surface area contributed by atoms with E-state index < -0.39 is 0 Å². The first-order chi connectivity index (χ1) is 6.24.